The van der Waals surface area contributed by atoms with Crippen LogP contribution in [0, 0.1) is 6.92 Å². The van der Waals surface area contributed by atoms with Crippen LogP contribution in [-0.4, -0.2) is 6.04 Å². The van der Waals surface area contributed by atoms with Crippen molar-refractivity contribution in [3.05, 3.63) is 35.4 Å². The highest BCUT2D eigenvalue weighted by Gasteiger charge is 2.10. The lowest BCUT2D eigenvalue weighted by Gasteiger charge is -2.21. The fourth-order valence-corrected chi connectivity index (χ4v) is 2.72. The molecule has 0 radical (unpaired) electrons. The molecule has 1 saturated carbocycles. The van der Waals surface area contributed by atoms with E-state index in [1.165, 1.54) is 56.1 Å². The second kappa shape index (κ2) is 6.80. The Morgan fingerprint density at radius 2 is 1.65 bits per heavy atom. The van der Waals surface area contributed by atoms with E-state index in [9.17, 15) is 0 Å². The van der Waals surface area contributed by atoms with Crippen LogP contribution in [0.25, 0.3) is 0 Å². The van der Waals surface area contributed by atoms with Crippen molar-refractivity contribution in [2.75, 3.05) is 0 Å². The Hall–Kier alpha value is -0.820. The molecule has 1 aliphatic carbocycles. The third-order valence-electron chi connectivity index (χ3n) is 3.95. The predicted octanol–water partition coefficient (Wildman–Crippen LogP) is 4.20. The summed E-state index contributed by atoms with van der Waals surface area (Å²) >= 11 is 0. The van der Waals surface area contributed by atoms with Gasteiger partial charge in [0.2, 0.25) is 0 Å². The molecule has 0 aliphatic heterocycles. The maximum atomic E-state index is 3.75. The smallest absolute Gasteiger partial charge is 0.0210 e. The summed E-state index contributed by atoms with van der Waals surface area (Å²) in [4.78, 5) is 0. The van der Waals surface area contributed by atoms with Gasteiger partial charge in [-0.2, -0.15) is 0 Å². The van der Waals surface area contributed by atoms with Crippen LogP contribution in [0.5, 0.6) is 0 Å². The average molecular weight is 231 g/mol. The lowest BCUT2D eigenvalue weighted by atomic mass is 9.96. The summed E-state index contributed by atoms with van der Waals surface area (Å²) in [7, 11) is 0. The van der Waals surface area contributed by atoms with Gasteiger partial charge in [-0.15, -0.1) is 0 Å². The lowest BCUT2D eigenvalue weighted by Crippen LogP contribution is -2.29. The number of benzene rings is 1. The van der Waals surface area contributed by atoms with Gasteiger partial charge in [0.15, 0.2) is 0 Å². The molecule has 1 N–H and O–H groups in total. The monoisotopic (exact) mass is 231 g/mol. The molecule has 94 valence electrons. The Labute approximate surface area is 106 Å². The van der Waals surface area contributed by atoms with Gasteiger partial charge in [0.25, 0.3) is 0 Å². The number of nitrogens with one attached hydrogen (secondary N) is 1. The molecule has 0 heterocycles. The Morgan fingerprint density at radius 3 is 2.35 bits per heavy atom. The number of aryl methyl sites for hydroxylation is 1. The van der Waals surface area contributed by atoms with E-state index < -0.39 is 0 Å². The standard InChI is InChI=1S/C16H25N/c1-14-9-7-8-10-15(14)13-17-16-11-5-3-2-4-6-12-16/h7-10,16-17H,2-6,11-13H2,1H3. The molecule has 0 amide bonds. The van der Waals surface area contributed by atoms with Crippen molar-refractivity contribution >= 4 is 0 Å². The summed E-state index contributed by atoms with van der Waals surface area (Å²) in [5.41, 5.74) is 2.86. The van der Waals surface area contributed by atoms with Crippen LogP contribution in [0.4, 0.5) is 0 Å². The lowest BCUT2D eigenvalue weighted by molar-refractivity contribution is 0.389. The first kappa shape index (κ1) is 12.6. The third kappa shape index (κ3) is 4.16. The minimum Gasteiger partial charge on any atom is -0.310 e. The number of rotatable bonds is 3. The minimum absolute atomic E-state index is 0.745. The van der Waals surface area contributed by atoms with Gasteiger partial charge in [0.1, 0.15) is 0 Å². The second-order valence-corrected chi connectivity index (χ2v) is 5.35. The first-order chi connectivity index (χ1) is 8.36. The van der Waals surface area contributed by atoms with E-state index >= 15 is 0 Å². The summed E-state index contributed by atoms with van der Waals surface area (Å²) < 4.78 is 0. The molecule has 1 aromatic rings. The van der Waals surface area contributed by atoms with Gasteiger partial charge in [0.05, 0.1) is 0 Å². The molecule has 0 saturated heterocycles. The summed E-state index contributed by atoms with van der Waals surface area (Å²) in [5.74, 6) is 0. The Kier molecular flexibility index (Phi) is 5.06. The normalized spacial score (nSPS) is 18.6. The van der Waals surface area contributed by atoms with E-state index in [1.54, 1.807) is 0 Å². The molecule has 1 fully saturated rings. The van der Waals surface area contributed by atoms with Crippen molar-refractivity contribution in [1.82, 2.24) is 5.32 Å². The molecule has 0 bridgehead atoms. The van der Waals surface area contributed by atoms with Crippen LogP contribution in [0.2, 0.25) is 0 Å². The SMILES string of the molecule is Cc1ccccc1CNC1CCCCCCC1. The highest BCUT2D eigenvalue weighted by Crippen LogP contribution is 2.17. The third-order valence-corrected chi connectivity index (χ3v) is 3.95. The molecule has 1 heteroatoms. The van der Waals surface area contributed by atoms with Gasteiger partial charge in [0, 0.05) is 12.6 Å². The molecule has 1 nitrogen and oxygen atoms in total. The van der Waals surface area contributed by atoms with Crippen LogP contribution in [0.1, 0.15) is 56.1 Å². The maximum Gasteiger partial charge on any atom is 0.0210 e. The number of hydrogen-bond donors (Lipinski definition) is 1. The molecule has 1 aromatic carbocycles. The van der Waals surface area contributed by atoms with Crippen LogP contribution in [0.15, 0.2) is 24.3 Å². The fraction of sp³-hybridized carbons (Fsp3) is 0.625. The quantitative estimate of drug-likeness (QED) is 0.822. The zero-order chi connectivity index (χ0) is 11.9. The topological polar surface area (TPSA) is 12.0 Å². The van der Waals surface area contributed by atoms with Crippen LogP contribution in [-0.2, 0) is 6.54 Å². The van der Waals surface area contributed by atoms with E-state index in [0.29, 0.717) is 0 Å². The van der Waals surface area contributed by atoms with Crippen molar-refractivity contribution in [3.63, 3.8) is 0 Å². The highest BCUT2D eigenvalue weighted by molar-refractivity contribution is 5.25. The molecule has 0 unspecified atom stereocenters. The molecule has 17 heavy (non-hydrogen) atoms. The van der Waals surface area contributed by atoms with Gasteiger partial charge >= 0.3 is 0 Å². The molecule has 0 spiro atoms. The highest BCUT2D eigenvalue weighted by atomic mass is 14.9. The molecular weight excluding hydrogens is 206 g/mol. The first-order valence-corrected chi connectivity index (χ1v) is 7.14. The largest absolute Gasteiger partial charge is 0.310 e. The Balaban J connectivity index is 1.82. The Morgan fingerprint density at radius 1 is 1.00 bits per heavy atom. The van der Waals surface area contributed by atoms with Crippen molar-refractivity contribution in [2.24, 2.45) is 0 Å². The minimum atomic E-state index is 0.745. The van der Waals surface area contributed by atoms with Crippen molar-refractivity contribution < 1.29 is 0 Å². The van der Waals surface area contributed by atoms with Gasteiger partial charge in [-0.3, -0.25) is 0 Å². The van der Waals surface area contributed by atoms with Crippen molar-refractivity contribution in [2.45, 2.75) is 64.5 Å². The summed E-state index contributed by atoms with van der Waals surface area (Å²) in [5, 5.41) is 3.75. The van der Waals surface area contributed by atoms with Gasteiger partial charge in [-0.25, -0.2) is 0 Å². The molecule has 2 rings (SSSR count). The van der Waals surface area contributed by atoms with E-state index in [0.717, 1.165) is 12.6 Å². The van der Waals surface area contributed by atoms with Crippen LogP contribution in [0.3, 0.4) is 0 Å². The average Bonchev–Trinajstić information content (AvgIpc) is 2.29. The second-order valence-electron chi connectivity index (χ2n) is 5.35. The van der Waals surface area contributed by atoms with E-state index in [4.69, 9.17) is 0 Å². The molecule has 0 aromatic heterocycles. The summed E-state index contributed by atoms with van der Waals surface area (Å²) in [6, 6.07) is 9.45. The first-order valence-electron chi connectivity index (χ1n) is 7.14. The van der Waals surface area contributed by atoms with Gasteiger partial charge in [-0.05, 0) is 30.9 Å². The van der Waals surface area contributed by atoms with Crippen molar-refractivity contribution in [1.29, 1.82) is 0 Å². The molecule has 1 aliphatic rings. The van der Waals surface area contributed by atoms with Crippen molar-refractivity contribution in [3.8, 4) is 0 Å². The zero-order valence-electron chi connectivity index (χ0n) is 11.0. The summed E-state index contributed by atoms with van der Waals surface area (Å²) in [6.45, 7) is 3.24. The van der Waals surface area contributed by atoms with E-state index in [-0.39, 0.29) is 0 Å². The van der Waals surface area contributed by atoms with Crippen LogP contribution >= 0.6 is 0 Å². The molecular formula is C16H25N. The molecule has 0 atom stereocenters. The fourth-order valence-electron chi connectivity index (χ4n) is 2.72. The summed E-state index contributed by atoms with van der Waals surface area (Å²) in [6.07, 6.45) is 9.87. The maximum absolute atomic E-state index is 3.75. The zero-order valence-corrected chi connectivity index (χ0v) is 11.0. The Bertz CT molecular complexity index is 324. The number of hydrogen-bond acceptors (Lipinski definition) is 1. The van der Waals surface area contributed by atoms with E-state index in [1.807, 2.05) is 0 Å². The van der Waals surface area contributed by atoms with Gasteiger partial charge in [-0.1, -0.05) is 56.4 Å². The van der Waals surface area contributed by atoms with Crippen LogP contribution < -0.4 is 5.32 Å². The van der Waals surface area contributed by atoms with Gasteiger partial charge < -0.3 is 5.32 Å². The van der Waals surface area contributed by atoms with E-state index in [2.05, 4.69) is 36.5 Å². The predicted molar refractivity (Wildman–Crippen MR) is 74.1 cm³/mol.